The lowest BCUT2D eigenvalue weighted by atomic mass is 10.1. The van der Waals surface area contributed by atoms with Gasteiger partial charge in [-0.2, -0.15) is 4.98 Å². The highest BCUT2D eigenvalue weighted by molar-refractivity contribution is 5.41. The summed E-state index contributed by atoms with van der Waals surface area (Å²) in [5, 5.41) is 5.97. The molecule has 16 heavy (non-hydrogen) atoms. The Kier molecular flexibility index (Phi) is 3.22. The van der Waals surface area contributed by atoms with Gasteiger partial charge in [-0.25, -0.2) is 9.37 Å². The SMILES string of the molecule is CNc1ncc(F)c(NC2CCCC2C)n1. The van der Waals surface area contributed by atoms with Gasteiger partial charge in [0.1, 0.15) is 0 Å². The van der Waals surface area contributed by atoms with E-state index >= 15 is 0 Å². The van der Waals surface area contributed by atoms with Crippen LogP contribution in [0.2, 0.25) is 0 Å². The van der Waals surface area contributed by atoms with Crippen LogP contribution in [0, 0.1) is 11.7 Å². The van der Waals surface area contributed by atoms with E-state index in [9.17, 15) is 4.39 Å². The fourth-order valence-electron chi connectivity index (χ4n) is 2.12. The molecule has 2 rings (SSSR count). The molecule has 1 aromatic heterocycles. The Hall–Kier alpha value is -1.39. The maximum absolute atomic E-state index is 13.5. The van der Waals surface area contributed by atoms with Crippen molar-refractivity contribution in [3.05, 3.63) is 12.0 Å². The van der Waals surface area contributed by atoms with Crippen LogP contribution in [0.15, 0.2) is 6.20 Å². The fraction of sp³-hybridized carbons (Fsp3) is 0.636. The highest BCUT2D eigenvalue weighted by Gasteiger charge is 2.24. The second kappa shape index (κ2) is 4.63. The highest BCUT2D eigenvalue weighted by Crippen LogP contribution is 2.28. The topological polar surface area (TPSA) is 49.8 Å². The Bertz CT molecular complexity index is 369. The summed E-state index contributed by atoms with van der Waals surface area (Å²) in [6.45, 7) is 2.18. The molecule has 0 bridgehead atoms. The standard InChI is InChI=1S/C11H17FN4/c1-7-4-3-5-9(7)15-10-8(12)6-14-11(13-2)16-10/h6-7,9H,3-5H2,1-2H3,(H2,13,14,15,16). The third-order valence-electron chi connectivity index (χ3n) is 3.15. The average molecular weight is 224 g/mol. The Morgan fingerprint density at radius 1 is 1.44 bits per heavy atom. The lowest BCUT2D eigenvalue weighted by molar-refractivity contribution is 0.545. The van der Waals surface area contributed by atoms with Gasteiger partial charge in [0.25, 0.3) is 0 Å². The molecule has 0 aromatic carbocycles. The first-order chi connectivity index (χ1) is 7.70. The zero-order valence-electron chi connectivity index (χ0n) is 9.63. The molecule has 1 heterocycles. The van der Waals surface area contributed by atoms with Gasteiger partial charge in [0.15, 0.2) is 11.6 Å². The smallest absolute Gasteiger partial charge is 0.224 e. The van der Waals surface area contributed by atoms with Crippen LogP contribution < -0.4 is 10.6 Å². The normalized spacial score (nSPS) is 24.4. The average Bonchev–Trinajstić information content (AvgIpc) is 2.68. The predicted molar refractivity (Wildman–Crippen MR) is 62.0 cm³/mol. The molecule has 2 unspecified atom stereocenters. The van der Waals surface area contributed by atoms with Gasteiger partial charge in [-0.3, -0.25) is 0 Å². The van der Waals surface area contributed by atoms with Crippen LogP contribution in [-0.2, 0) is 0 Å². The summed E-state index contributed by atoms with van der Waals surface area (Å²) in [6.07, 6.45) is 4.67. The number of anilines is 2. The van der Waals surface area contributed by atoms with Crippen molar-refractivity contribution in [2.75, 3.05) is 17.7 Å². The molecule has 0 amide bonds. The minimum Gasteiger partial charge on any atom is -0.364 e. The van der Waals surface area contributed by atoms with E-state index < -0.39 is 5.82 Å². The van der Waals surface area contributed by atoms with E-state index in [-0.39, 0.29) is 0 Å². The maximum atomic E-state index is 13.5. The summed E-state index contributed by atoms with van der Waals surface area (Å²) in [4.78, 5) is 7.89. The summed E-state index contributed by atoms with van der Waals surface area (Å²) >= 11 is 0. The van der Waals surface area contributed by atoms with E-state index in [4.69, 9.17) is 0 Å². The lowest BCUT2D eigenvalue weighted by Crippen LogP contribution is -2.23. The van der Waals surface area contributed by atoms with Crippen LogP contribution in [0.5, 0.6) is 0 Å². The largest absolute Gasteiger partial charge is 0.364 e. The van der Waals surface area contributed by atoms with Crippen molar-refractivity contribution in [2.45, 2.75) is 32.2 Å². The molecule has 4 nitrogen and oxygen atoms in total. The van der Waals surface area contributed by atoms with Gasteiger partial charge >= 0.3 is 0 Å². The zero-order valence-corrected chi connectivity index (χ0v) is 9.63. The minimum atomic E-state index is -0.391. The van der Waals surface area contributed by atoms with Crippen molar-refractivity contribution in [2.24, 2.45) is 5.92 Å². The zero-order chi connectivity index (χ0) is 11.5. The molecule has 1 aromatic rings. The van der Waals surface area contributed by atoms with E-state index in [1.165, 1.54) is 19.0 Å². The van der Waals surface area contributed by atoms with Crippen molar-refractivity contribution in [3.8, 4) is 0 Å². The molecular weight excluding hydrogens is 207 g/mol. The van der Waals surface area contributed by atoms with E-state index in [0.29, 0.717) is 23.7 Å². The van der Waals surface area contributed by atoms with Gasteiger partial charge in [-0.1, -0.05) is 13.3 Å². The summed E-state index contributed by atoms with van der Waals surface area (Å²) in [6, 6.07) is 0.328. The molecule has 2 N–H and O–H groups in total. The number of nitrogens with zero attached hydrogens (tertiary/aromatic N) is 2. The molecule has 5 heteroatoms. The van der Waals surface area contributed by atoms with Crippen molar-refractivity contribution in [1.82, 2.24) is 9.97 Å². The number of hydrogen-bond donors (Lipinski definition) is 2. The first-order valence-electron chi connectivity index (χ1n) is 5.67. The van der Waals surface area contributed by atoms with Crippen molar-refractivity contribution >= 4 is 11.8 Å². The van der Waals surface area contributed by atoms with E-state index in [0.717, 1.165) is 6.42 Å². The Morgan fingerprint density at radius 3 is 2.88 bits per heavy atom. The molecule has 0 saturated heterocycles. The summed E-state index contributed by atoms with van der Waals surface area (Å²) < 4.78 is 13.5. The number of aromatic nitrogens is 2. The first kappa shape index (κ1) is 11.1. The molecular formula is C11H17FN4. The van der Waals surface area contributed by atoms with Gasteiger partial charge in [-0.05, 0) is 18.8 Å². The Labute approximate surface area is 94.7 Å². The molecule has 1 saturated carbocycles. The molecule has 2 atom stereocenters. The third-order valence-corrected chi connectivity index (χ3v) is 3.15. The number of halogens is 1. The molecule has 0 spiro atoms. The predicted octanol–water partition coefficient (Wildman–Crippen LogP) is 2.26. The Balaban J connectivity index is 2.13. The van der Waals surface area contributed by atoms with E-state index in [2.05, 4.69) is 27.5 Å². The lowest BCUT2D eigenvalue weighted by Gasteiger charge is -2.18. The molecule has 0 aliphatic heterocycles. The van der Waals surface area contributed by atoms with Crippen molar-refractivity contribution < 1.29 is 4.39 Å². The molecule has 1 fully saturated rings. The van der Waals surface area contributed by atoms with E-state index in [1.807, 2.05) is 0 Å². The first-order valence-corrected chi connectivity index (χ1v) is 5.67. The third kappa shape index (κ3) is 2.23. The number of hydrogen-bond acceptors (Lipinski definition) is 4. The minimum absolute atomic E-state index is 0.304. The molecule has 0 radical (unpaired) electrons. The number of nitrogens with one attached hydrogen (secondary N) is 2. The second-order valence-electron chi connectivity index (χ2n) is 4.30. The van der Waals surface area contributed by atoms with Crippen LogP contribution in [0.3, 0.4) is 0 Å². The highest BCUT2D eigenvalue weighted by atomic mass is 19.1. The van der Waals surface area contributed by atoms with E-state index in [1.54, 1.807) is 7.05 Å². The van der Waals surface area contributed by atoms with Crippen molar-refractivity contribution in [3.63, 3.8) is 0 Å². The van der Waals surface area contributed by atoms with Crippen LogP contribution in [0.1, 0.15) is 26.2 Å². The van der Waals surface area contributed by atoms with Crippen LogP contribution in [-0.4, -0.2) is 23.1 Å². The van der Waals surface area contributed by atoms with Crippen LogP contribution >= 0.6 is 0 Å². The van der Waals surface area contributed by atoms with Gasteiger partial charge in [0, 0.05) is 13.1 Å². The van der Waals surface area contributed by atoms with Gasteiger partial charge in [0.05, 0.1) is 6.20 Å². The van der Waals surface area contributed by atoms with Gasteiger partial charge in [-0.15, -0.1) is 0 Å². The fourth-order valence-corrected chi connectivity index (χ4v) is 2.12. The molecule has 1 aliphatic carbocycles. The van der Waals surface area contributed by atoms with Gasteiger partial charge in [0.2, 0.25) is 5.95 Å². The number of rotatable bonds is 3. The molecule has 1 aliphatic rings. The summed E-state index contributed by atoms with van der Waals surface area (Å²) in [7, 11) is 1.72. The monoisotopic (exact) mass is 224 g/mol. The maximum Gasteiger partial charge on any atom is 0.224 e. The van der Waals surface area contributed by atoms with Crippen LogP contribution in [0.4, 0.5) is 16.2 Å². The van der Waals surface area contributed by atoms with Crippen LogP contribution in [0.25, 0.3) is 0 Å². The Morgan fingerprint density at radius 2 is 2.25 bits per heavy atom. The summed E-state index contributed by atoms with van der Waals surface area (Å²) in [5.41, 5.74) is 0. The summed E-state index contributed by atoms with van der Waals surface area (Å²) in [5.74, 6) is 0.929. The van der Waals surface area contributed by atoms with Gasteiger partial charge < -0.3 is 10.6 Å². The second-order valence-corrected chi connectivity index (χ2v) is 4.30. The molecule has 88 valence electrons. The quantitative estimate of drug-likeness (QED) is 0.826. The van der Waals surface area contributed by atoms with Crippen molar-refractivity contribution in [1.29, 1.82) is 0 Å².